The van der Waals surface area contributed by atoms with Gasteiger partial charge in [0.25, 0.3) is 0 Å². The number of hydrogen-bond donors (Lipinski definition) is 0. The lowest BCUT2D eigenvalue weighted by molar-refractivity contribution is 0.112. The minimum Gasteiger partial charge on any atom is -0.489 e. The highest BCUT2D eigenvalue weighted by Gasteiger charge is 2.34. The molecular formula is C14H16O. The molecule has 15 heavy (non-hydrogen) atoms. The molecule has 1 aliphatic carbocycles. The first-order chi connectivity index (χ1) is 7.36. The van der Waals surface area contributed by atoms with Gasteiger partial charge in [-0.1, -0.05) is 31.2 Å². The average Bonchev–Trinajstić information content (AvgIpc) is 2.30. The van der Waals surface area contributed by atoms with E-state index in [1.807, 2.05) is 6.07 Å². The van der Waals surface area contributed by atoms with Crippen molar-refractivity contribution in [2.75, 3.05) is 0 Å². The summed E-state index contributed by atoms with van der Waals surface area (Å²) in [5.41, 5.74) is 2.52. The second-order valence-corrected chi connectivity index (χ2v) is 4.57. The van der Waals surface area contributed by atoms with Gasteiger partial charge in [0.05, 0.1) is 0 Å². The van der Waals surface area contributed by atoms with Crippen molar-refractivity contribution in [3.63, 3.8) is 0 Å². The second kappa shape index (κ2) is 3.41. The Bertz CT molecular complexity index is 394. The SMILES string of the molecule is C=C1c2ccccc2OC2CCCCC12. The van der Waals surface area contributed by atoms with E-state index in [4.69, 9.17) is 4.74 Å². The molecule has 1 heteroatoms. The van der Waals surface area contributed by atoms with Gasteiger partial charge in [-0.05, 0) is 30.9 Å². The number of rotatable bonds is 0. The van der Waals surface area contributed by atoms with Crippen LogP contribution in [0.25, 0.3) is 5.57 Å². The van der Waals surface area contributed by atoms with E-state index in [-0.39, 0.29) is 0 Å². The Morgan fingerprint density at radius 2 is 1.93 bits per heavy atom. The monoisotopic (exact) mass is 200 g/mol. The maximum Gasteiger partial charge on any atom is 0.127 e. The number of benzene rings is 1. The van der Waals surface area contributed by atoms with Gasteiger partial charge in [0, 0.05) is 11.5 Å². The largest absolute Gasteiger partial charge is 0.489 e. The normalized spacial score (nSPS) is 28.9. The van der Waals surface area contributed by atoms with E-state index in [0.717, 1.165) is 5.75 Å². The summed E-state index contributed by atoms with van der Waals surface area (Å²) in [7, 11) is 0. The fourth-order valence-corrected chi connectivity index (χ4v) is 2.83. The molecule has 1 nitrogen and oxygen atoms in total. The third-order valence-electron chi connectivity index (χ3n) is 3.66. The number of ether oxygens (including phenoxy) is 1. The van der Waals surface area contributed by atoms with Gasteiger partial charge in [0.1, 0.15) is 11.9 Å². The van der Waals surface area contributed by atoms with Crippen LogP contribution in [0.4, 0.5) is 0 Å². The Hall–Kier alpha value is -1.24. The highest BCUT2D eigenvalue weighted by atomic mass is 16.5. The van der Waals surface area contributed by atoms with Crippen molar-refractivity contribution in [1.82, 2.24) is 0 Å². The molecule has 0 N–H and O–H groups in total. The molecule has 2 atom stereocenters. The average molecular weight is 200 g/mol. The van der Waals surface area contributed by atoms with Crippen LogP contribution in [0.15, 0.2) is 30.8 Å². The molecule has 1 heterocycles. The Morgan fingerprint density at radius 3 is 2.87 bits per heavy atom. The smallest absolute Gasteiger partial charge is 0.127 e. The van der Waals surface area contributed by atoms with E-state index in [1.165, 1.54) is 36.8 Å². The molecule has 0 bridgehead atoms. The molecule has 1 aliphatic heterocycles. The van der Waals surface area contributed by atoms with Crippen molar-refractivity contribution < 1.29 is 4.74 Å². The lowest BCUT2D eigenvalue weighted by Crippen LogP contribution is -2.34. The molecular weight excluding hydrogens is 184 g/mol. The molecule has 2 unspecified atom stereocenters. The van der Waals surface area contributed by atoms with Crippen LogP contribution in [0, 0.1) is 5.92 Å². The molecule has 0 saturated heterocycles. The summed E-state index contributed by atoms with van der Waals surface area (Å²) in [6, 6.07) is 8.29. The highest BCUT2D eigenvalue weighted by molar-refractivity contribution is 5.72. The summed E-state index contributed by atoms with van der Waals surface area (Å²) in [5.74, 6) is 1.60. The molecule has 3 rings (SSSR count). The minimum atomic E-state index is 0.390. The quantitative estimate of drug-likeness (QED) is 0.621. The number of para-hydroxylation sites is 1. The Kier molecular flexibility index (Phi) is 2.05. The molecule has 1 aromatic rings. The summed E-state index contributed by atoms with van der Waals surface area (Å²) in [5, 5.41) is 0. The van der Waals surface area contributed by atoms with Gasteiger partial charge in [0.15, 0.2) is 0 Å². The molecule has 0 aromatic heterocycles. The van der Waals surface area contributed by atoms with E-state index >= 15 is 0 Å². The van der Waals surface area contributed by atoms with E-state index < -0.39 is 0 Å². The topological polar surface area (TPSA) is 9.23 Å². The van der Waals surface area contributed by atoms with Crippen molar-refractivity contribution >= 4 is 5.57 Å². The first-order valence-electron chi connectivity index (χ1n) is 5.81. The van der Waals surface area contributed by atoms with E-state index in [2.05, 4.69) is 24.8 Å². The first kappa shape index (κ1) is 9.02. The highest BCUT2D eigenvalue weighted by Crippen LogP contribution is 2.43. The maximum absolute atomic E-state index is 6.05. The Labute approximate surface area is 90.8 Å². The summed E-state index contributed by atoms with van der Waals surface area (Å²) in [6.07, 6.45) is 5.46. The Morgan fingerprint density at radius 1 is 1.13 bits per heavy atom. The van der Waals surface area contributed by atoms with Crippen molar-refractivity contribution in [3.05, 3.63) is 36.4 Å². The molecule has 0 amide bonds. The van der Waals surface area contributed by atoms with Gasteiger partial charge in [-0.2, -0.15) is 0 Å². The van der Waals surface area contributed by atoms with E-state index in [0.29, 0.717) is 12.0 Å². The van der Waals surface area contributed by atoms with Crippen LogP contribution in [-0.2, 0) is 0 Å². The van der Waals surface area contributed by atoms with Crippen LogP contribution in [0.3, 0.4) is 0 Å². The summed E-state index contributed by atoms with van der Waals surface area (Å²) >= 11 is 0. The van der Waals surface area contributed by atoms with Crippen LogP contribution >= 0.6 is 0 Å². The van der Waals surface area contributed by atoms with Crippen LogP contribution in [-0.4, -0.2) is 6.10 Å². The molecule has 1 saturated carbocycles. The number of fused-ring (bicyclic) bond motifs is 2. The Balaban J connectivity index is 2.02. The number of hydrogen-bond acceptors (Lipinski definition) is 1. The molecule has 1 aromatic carbocycles. The van der Waals surface area contributed by atoms with E-state index in [1.54, 1.807) is 0 Å². The molecule has 0 spiro atoms. The summed E-state index contributed by atoms with van der Waals surface area (Å²) in [4.78, 5) is 0. The molecule has 78 valence electrons. The lowest BCUT2D eigenvalue weighted by Gasteiger charge is -2.38. The molecule has 1 fully saturated rings. The lowest BCUT2D eigenvalue weighted by atomic mass is 9.77. The van der Waals surface area contributed by atoms with Gasteiger partial charge in [-0.3, -0.25) is 0 Å². The van der Waals surface area contributed by atoms with Crippen LogP contribution in [0.1, 0.15) is 31.2 Å². The second-order valence-electron chi connectivity index (χ2n) is 4.57. The predicted molar refractivity (Wildman–Crippen MR) is 61.9 cm³/mol. The summed E-state index contributed by atoms with van der Waals surface area (Å²) in [6.45, 7) is 4.26. The third-order valence-corrected chi connectivity index (χ3v) is 3.66. The van der Waals surface area contributed by atoms with Crippen LogP contribution in [0.5, 0.6) is 5.75 Å². The first-order valence-corrected chi connectivity index (χ1v) is 5.81. The zero-order valence-corrected chi connectivity index (χ0v) is 8.91. The van der Waals surface area contributed by atoms with Gasteiger partial charge in [-0.15, -0.1) is 0 Å². The van der Waals surface area contributed by atoms with E-state index in [9.17, 15) is 0 Å². The van der Waals surface area contributed by atoms with Crippen LogP contribution < -0.4 is 4.74 Å². The maximum atomic E-state index is 6.05. The fourth-order valence-electron chi connectivity index (χ4n) is 2.83. The zero-order chi connectivity index (χ0) is 10.3. The fraction of sp³-hybridized carbons (Fsp3) is 0.429. The standard InChI is InChI=1S/C14H16O/c1-10-11-6-2-4-8-13(11)15-14-9-5-3-7-12(10)14/h2,4,6,8,12,14H,1,3,5,7,9H2. The van der Waals surface area contributed by atoms with Gasteiger partial charge < -0.3 is 4.74 Å². The van der Waals surface area contributed by atoms with Crippen molar-refractivity contribution in [3.8, 4) is 5.75 Å². The molecule has 0 radical (unpaired) electrons. The van der Waals surface area contributed by atoms with Gasteiger partial charge >= 0.3 is 0 Å². The van der Waals surface area contributed by atoms with Crippen molar-refractivity contribution in [1.29, 1.82) is 0 Å². The summed E-state index contributed by atoms with van der Waals surface area (Å²) < 4.78 is 6.05. The van der Waals surface area contributed by atoms with Crippen LogP contribution in [0.2, 0.25) is 0 Å². The van der Waals surface area contributed by atoms with Crippen molar-refractivity contribution in [2.24, 2.45) is 5.92 Å². The van der Waals surface area contributed by atoms with Gasteiger partial charge in [-0.25, -0.2) is 0 Å². The van der Waals surface area contributed by atoms with Crippen molar-refractivity contribution in [2.45, 2.75) is 31.8 Å². The minimum absolute atomic E-state index is 0.390. The van der Waals surface area contributed by atoms with Gasteiger partial charge in [0.2, 0.25) is 0 Å². The third kappa shape index (κ3) is 1.38. The zero-order valence-electron chi connectivity index (χ0n) is 8.91. The molecule has 2 aliphatic rings. The predicted octanol–water partition coefficient (Wildman–Crippen LogP) is 3.65.